The number of rotatable bonds is 2. The van der Waals surface area contributed by atoms with Crippen molar-refractivity contribution in [1.29, 1.82) is 0 Å². The van der Waals surface area contributed by atoms with Gasteiger partial charge in [0.2, 0.25) is 5.95 Å². The molecule has 0 unspecified atom stereocenters. The first-order chi connectivity index (χ1) is 7.18. The van der Waals surface area contributed by atoms with E-state index in [1.54, 1.807) is 24.0 Å². The van der Waals surface area contributed by atoms with E-state index in [1.807, 2.05) is 0 Å². The summed E-state index contributed by atoms with van der Waals surface area (Å²) in [7, 11) is 1.76. The molecule has 3 nitrogen and oxygen atoms in total. The van der Waals surface area contributed by atoms with Gasteiger partial charge in [0, 0.05) is 19.4 Å². The molecule has 0 radical (unpaired) electrons. The first-order valence-corrected chi connectivity index (χ1v) is 4.37. The predicted molar refractivity (Wildman–Crippen MR) is 52.8 cm³/mol. The molecule has 1 aromatic carbocycles. The first kappa shape index (κ1) is 9.64. The summed E-state index contributed by atoms with van der Waals surface area (Å²) < 4.78 is 27.8. The summed E-state index contributed by atoms with van der Waals surface area (Å²) in [6.45, 7) is 0. The zero-order valence-corrected chi connectivity index (χ0v) is 8.04. The van der Waals surface area contributed by atoms with Crippen LogP contribution in [-0.4, -0.2) is 9.55 Å². The van der Waals surface area contributed by atoms with E-state index >= 15 is 0 Å². The maximum absolute atomic E-state index is 13.3. The van der Waals surface area contributed by atoms with Crippen molar-refractivity contribution in [2.24, 2.45) is 7.05 Å². The average molecular weight is 209 g/mol. The lowest BCUT2D eigenvalue weighted by atomic mass is 10.3. The van der Waals surface area contributed by atoms with Crippen LogP contribution in [0.15, 0.2) is 30.6 Å². The fraction of sp³-hybridized carbons (Fsp3) is 0.100. The molecule has 1 heterocycles. The molecular weight excluding hydrogens is 200 g/mol. The van der Waals surface area contributed by atoms with Crippen molar-refractivity contribution in [2.75, 3.05) is 5.32 Å². The van der Waals surface area contributed by atoms with Crippen molar-refractivity contribution in [3.05, 3.63) is 42.2 Å². The van der Waals surface area contributed by atoms with Crippen molar-refractivity contribution in [2.45, 2.75) is 0 Å². The molecule has 0 saturated carbocycles. The van der Waals surface area contributed by atoms with Gasteiger partial charge < -0.3 is 9.88 Å². The Balaban J connectivity index is 2.33. The number of imidazole rings is 1. The molecule has 0 spiro atoms. The van der Waals surface area contributed by atoms with E-state index in [0.29, 0.717) is 5.95 Å². The van der Waals surface area contributed by atoms with Crippen molar-refractivity contribution >= 4 is 11.6 Å². The van der Waals surface area contributed by atoms with Crippen LogP contribution in [0.1, 0.15) is 0 Å². The molecule has 78 valence electrons. The van der Waals surface area contributed by atoms with E-state index in [4.69, 9.17) is 0 Å². The maximum Gasteiger partial charge on any atom is 0.207 e. The maximum atomic E-state index is 13.3. The summed E-state index contributed by atoms with van der Waals surface area (Å²) in [5.41, 5.74) is 0.0734. The van der Waals surface area contributed by atoms with Gasteiger partial charge in [0.1, 0.15) is 0 Å². The molecule has 1 aromatic heterocycles. The number of anilines is 2. The molecule has 2 rings (SSSR count). The van der Waals surface area contributed by atoms with Gasteiger partial charge in [0.15, 0.2) is 11.6 Å². The van der Waals surface area contributed by atoms with Crippen LogP contribution in [0.3, 0.4) is 0 Å². The minimum absolute atomic E-state index is 0.0734. The smallest absolute Gasteiger partial charge is 0.207 e. The van der Waals surface area contributed by atoms with Crippen LogP contribution in [-0.2, 0) is 7.05 Å². The number of aryl methyl sites for hydroxylation is 1. The lowest BCUT2D eigenvalue weighted by Gasteiger charge is -2.06. The van der Waals surface area contributed by atoms with E-state index in [-0.39, 0.29) is 5.69 Å². The van der Waals surface area contributed by atoms with Gasteiger partial charge in [-0.05, 0) is 12.1 Å². The third-order valence-electron chi connectivity index (χ3n) is 2.02. The summed E-state index contributed by atoms with van der Waals surface area (Å²) in [5.74, 6) is -1.32. The third kappa shape index (κ3) is 1.81. The predicted octanol–water partition coefficient (Wildman–Crippen LogP) is 2.44. The van der Waals surface area contributed by atoms with Crippen LogP contribution in [0, 0.1) is 11.6 Å². The quantitative estimate of drug-likeness (QED) is 0.823. The minimum Gasteiger partial charge on any atom is -0.323 e. The molecule has 5 heteroatoms. The summed E-state index contributed by atoms with van der Waals surface area (Å²) in [6, 6.07) is 3.95. The summed E-state index contributed by atoms with van der Waals surface area (Å²) in [6.07, 6.45) is 3.28. The third-order valence-corrected chi connectivity index (χ3v) is 2.02. The highest BCUT2D eigenvalue weighted by atomic mass is 19.2. The number of nitrogens with one attached hydrogen (secondary N) is 1. The zero-order chi connectivity index (χ0) is 10.8. The fourth-order valence-corrected chi connectivity index (χ4v) is 1.21. The second-order valence-corrected chi connectivity index (χ2v) is 3.09. The lowest BCUT2D eigenvalue weighted by Crippen LogP contribution is -2.01. The Labute approximate surface area is 85.4 Å². The Hall–Kier alpha value is -1.91. The topological polar surface area (TPSA) is 29.9 Å². The number of nitrogens with zero attached hydrogens (tertiary/aromatic N) is 2. The second kappa shape index (κ2) is 3.68. The molecule has 0 aliphatic carbocycles. The number of hydrogen-bond acceptors (Lipinski definition) is 2. The Morgan fingerprint density at radius 1 is 1.33 bits per heavy atom. The molecular formula is C10H9F2N3. The van der Waals surface area contributed by atoms with E-state index in [0.717, 1.165) is 6.07 Å². The molecule has 15 heavy (non-hydrogen) atoms. The summed E-state index contributed by atoms with van der Waals surface area (Å²) in [5, 5.41) is 2.70. The van der Waals surface area contributed by atoms with E-state index in [9.17, 15) is 8.78 Å². The minimum atomic E-state index is -0.902. The van der Waals surface area contributed by atoms with Crippen LogP contribution < -0.4 is 5.32 Å². The van der Waals surface area contributed by atoms with Crippen LogP contribution >= 0.6 is 0 Å². The van der Waals surface area contributed by atoms with E-state index in [1.165, 1.54) is 12.1 Å². The molecule has 0 aliphatic heterocycles. The molecule has 0 atom stereocenters. The van der Waals surface area contributed by atoms with Gasteiger partial charge in [-0.25, -0.2) is 13.8 Å². The molecule has 1 N–H and O–H groups in total. The zero-order valence-electron chi connectivity index (χ0n) is 8.04. The average Bonchev–Trinajstić information content (AvgIpc) is 2.60. The Morgan fingerprint density at radius 3 is 2.80 bits per heavy atom. The molecule has 0 saturated heterocycles. The summed E-state index contributed by atoms with van der Waals surface area (Å²) in [4.78, 5) is 3.94. The first-order valence-electron chi connectivity index (χ1n) is 4.37. The van der Waals surface area contributed by atoms with Crippen molar-refractivity contribution in [3.8, 4) is 0 Å². The Bertz CT molecular complexity index is 479. The van der Waals surface area contributed by atoms with E-state index < -0.39 is 11.6 Å². The number of halogens is 2. The fourth-order valence-electron chi connectivity index (χ4n) is 1.21. The van der Waals surface area contributed by atoms with Crippen molar-refractivity contribution in [3.63, 3.8) is 0 Å². The van der Waals surface area contributed by atoms with E-state index in [2.05, 4.69) is 10.3 Å². The van der Waals surface area contributed by atoms with Crippen LogP contribution in [0.25, 0.3) is 0 Å². The van der Waals surface area contributed by atoms with Crippen molar-refractivity contribution < 1.29 is 8.78 Å². The van der Waals surface area contributed by atoms with Gasteiger partial charge in [0.05, 0.1) is 5.69 Å². The Morgan fingerprint density at radius 2 is 2.13 bits per heavy atom. The second-order valence-electron chi connectivity index (χ2n) is 3.09. The summed E-state index contributed by atoms with van der Waals surface area (Å²) >= 11 is 0. The van der Waals surface area contributed by atoms with Crippen LogP contribution in [0.5, 0.6) is 0 Å². The highest BCUT2D eigenvalue weighted by Gasteiger charge is 2.08. The highest BCUT2D eigenvalue weighted by Crippen LogP contribution is 2.19. The largest absolute Gasteiger partial charge is 0.323 e. The lowest BCUT2D eigenvalue weighted by molar-refractivity contribution is 0.511. The molecule has 2 aromatic rings. The van der Waals surface area contributed by atoms with Gasteiger partial charge in [-0.2, -0.15) is 0 Å². The number of aromatic nitrogens is 2. The van der Waals surface area contributed by atoms with Gasteiger partial charge >= 0.3 is 0 Å². The number of benzene rings is 1. The van der Waals surface area contributed by atoms with Crippen molar-refractivity contribution in [1.82, 2.24) is 9.55 Å². The van der Waals surface area contributed by atoms with Gasteiger partial charge in [-0.15, -0.1) is 0 Å². The standard InChI is InChI=1S/C10H9F2N3/c1-15-6-5-13-10(15)14-8-4-2-3-7(11)9(8)12/h2-6H,1H3,(H,13,14). The SMILES string of the molecule is Cn1ccnc1Nc1cccc(F)c1F. The molecule has 0 aliphatic rings. The number of hydrogen-bond donors (Lipinski definition) is 1. The normalized spacial score (nSPS) is 10.3. The highest BCUT2D eigenvalue weighted by molar-refractivity contribution is 5.54. The van der Waals surface area contributed by atoms with Gasteiger partial charge in [-0.1, -0.05) is 6.07 Å². The van der Waals surface area contributed by atoms with Gasteiger partial charge in [0.25, 0.3) is 0 Å². The Kier molecular flexibility index (Phi) is 2.37. The molecule has 0 bridgehead atoms. The van der Waals surface area contributed by atoms with Gasteiger partial charge in [-0.3, -0.25) is 0 Å². The van der Waals surface area contributed by atoms with Crippen LogP contribution in [0.4, 0.5) is 20.4 Å². The molecule has 0 fully saturated rings. The van der Waals surface area contributed by atoms with Crippen LogP contribution in [0.2, 0.25) is 0 Å². The molecule has 0 amide bonds. The monoisotopic (exact) mass is 209 g/mol.